The molecule has 1 heterocycles. The van der Waals surface area contributed by atoms with Crippen LogP contribution in [0.3, 0.4) is 0 Å². The Kier molecular flexibility index (Phi) is 4.58. The van der Waals surface area contributed by atoms with Crippen molar-refractivity contribution in [2.45, 2.75) is 44.6 Å². The molecule has 1 saturated heterocycles. The first-order valence-corrected chi connectivity index (χ1v) is 7.05. The summed E-state index contributed by atoms with van der Waals surface area (Å²) >= 11 is 0. The van der Waals surface area contributed by atoms with Gasteiger partial charge in [0.25, 0.3) is 0 Å². The zero-order valence-electron chi connectivity index (χ0n) is 11.5. The Morgan fingerprint density at radius 2 is 2.11 bits per heavy atom. The van der Waals surface area contributed by atoms with Gasteiger partial charge in [-0.2, -0.15) is 0 Å². The van der Waals surface area contributed by atoms with E-state index < -0.39 is 17.4 Å². The molecule has 0 amide bonds. The van der Waals surface area contributed by atoms with Crippen LogP contribution in [-0.4, -0.2) is 38.1 Å². The molecule has 0 aromatic rings. The Morgan fingerprint density at radius 3 is 2.68 bits per heavy atom. The Hall–Kier alpha value is -0.940. The average Bonchev–Trinajstić information content (AvgIpc) is 2.46. The van der Waals surface area contributed by atoms with Gasteiger partial charge in [0.2, 0.25) is 0 Å². The monoisotopic (exact) mass is 269 g/mol. The molecule has 5 heteroatoms. The lowest BCUT2D eigenvalue weighted by Crippen LogP contribution is -2.56. The van der Waals surface area contributed by atoms with Crippen LogP contribution < -0.4 is 5.73 Å². The molecule has 2 atom stereocenters. The highest BCUT2D eigenvalue weighted by atomic mass is 16.5. The van der Waals surface area contributed by atoms with Gasteiger partial charge in [0.05, 0.1) is 7.11 Å². The lowest BCUT2D eigenvalue weighted by molar-refractivity contribution is -0.153. The van der Waals surface area contributed by atoms with E-state index in [1.165, 1.54) is 7.11 Å². The third-order valence-corrected chi connectivity index (χ3v) is 4.75. The highest BCUT2D eigenvalue weighted by Crippen LogP contribution is 2.46. The number of esters is 1. The fraction of sp³-hybridized carbons (Fsp3) is 0.857. The molecule has 1 saturated carbocycles. The third-order valence-electron chi connectivity index (χ3n) is 4.75. The van der Waals surface area contributed by atoms with E-state index >= 15 is 0 Å². The number of carbonyl (C=O) groups excluding carboxylic acids is 2. The summed E-state index contributed by atoms with van der Waals surface area (Å²) in [4.78, 5) is 24.1. The zero-order valence-corrected chi connectivity index (χ0v) is 11.5. The number of rotatable bonds is 3. The molecule has 0 spiro atoms. The van der Waals surface area contributed by atoms with Crippen LogP contribution in [0.5, 0.6) is 0 Å². The topological polar surface area (TPSA) is 78.6 Å². The maximum absolute atomic E-state index is 12.3. The number of ketones is 1. The van der Waals surface area contributed by atoms with Gasteiger partial charge < -0.3 is 15.2 Å². The summed E-state index contributed by atoms with van der Waals surface area (Å²) in [5.41, 5.74) is 5.68. The second kappa shape index (κ2) is 6.01. The molecule has 0 aromatic carbocycles. The van der Waals surface area contributed by atoms with Crippen LogP contribution in [0.4, 0.5) is 0 Å². The second-order valence-corrected chi connectivity index (χ2v) is 5.61. The van der Waals surface area contributed by atoms with Crippen molar-refractivity contribution in [3.05, 3.63) is 0 Å². The van der Waals surface area contributed by atoms with E-state index in [4.69, 9.17) is 15.2 Å². The molecule has 2 unspecified atom stereocenters. The van der Waals surface area contributed by atoms with Crippen molar-refractivity contribution in [3.8, 4) is 0 Å². The van der Waals surface area contributed by atoms with Gasteiger partial charge in [0.1, 0.15) is 11.8 Å². The van der Waals surface area contributed by atoms with Crippen molar-refractivity contribution in [2.24, 2.45) is 17.1 Å². The molecule has 5 nitrogen and oxygen atoms in total. The highest BCUT2D eigenvalue weighted by molar-refractivity contribution is 5.85. The number of carbonyl (C=O) groups is 2. The number of nitrogens with two attached hydrogens (primary N) is 1. The van der Waals surface area contributed by atoms with Crippen LogP contribution in [0.15, 0.2) is 0 Å². The predicted octanol–water partition coefficient (Wildman–Crippen LogP) is 1.04. The van der Waals surface area contributed by atoms with Crippen LogP contribution in [0.25, 0.3) is 0 Å². The lowest BCUT2D eigenvalue weighted by atomic mass is 9.60. The Balaban J connectivity index is 2.27. The summed E-state index contributed by atoms with van der Waals surface area (Å²) < 4.78 is 10.2. The van der Waals surface area contributed by atoms with E-state index in [2.05, 4.69) is 0 Å². The molecule has 2 N–H and O–H groups in total. The van der Waals surface area contributed by atoms with Crippen molar-refractivity contribution in [1.82, 2.24) is 0 Å². The second-order valence-electron chi connectivity index (χ2n) is 5.61. The number of Topliss-reactive ketones (excluding diaryl/α,β-unsaturated/α-hetero) is 1. The van der Waals surface area contributed by atoms with Gasteiger partial charge in [-0.25, -0.2) is 0 Å². The standard InChI is InChI=1S/C14H23NO4/c1-18-13(17)12(15)14(6-8-19-9-7-14)10-4-2-3-5-11(10)16/h10,12H,2-9,15H2,1H3. The molecule has 1 aliphatic heterocycles. The molecule has 2 aliphatic rings. The molecular weight excluding hydrogens is 246 g/mol. The molecule has 19 heavy (non-hydrogen) atoms. The van der Waals surface area contributed by atoms with Crippen molar-refractivity contribution in [1.29, 1.82) is 0 Å². The van der Waals surface area contributed by atoms with Gasteiger partial charge in [-0.05, 0) is 25.7 Å². The van der Waals surface area contributed by atoms with Crippen molar-refractivity contribution >= 4 is 11.8 Å². The largest absolute Gasteiger partial charge is 0.468 e. The highest BCUT2D eigenvalue weighted by Gasteiger charge is 2.51. The summed E-state index contributed by atoms with van der Waals surface area (Å²) in [7, 11) is 1.35. The molecule has 2 rings (SSSR count). The summed E-state index contributed by atoms with van der Waals surface area (Å²) in [5.74, 6) is -0.271. The van der Waals surface area contributed by atoms with E-state index in [0.29, 0.717) is 32.5 Å². The van der Waals surface area contributed by atoms with Crippen LogP contribution >= 0.6 is 0 Å². The molecule has 0 bridgehead atoms. The minimum atomic E-state index is -0.728. The smallest absolute Gasteiger partial charge is 0.323 e. The van der Waals surface area contributed by atoms with E-state index in [1.807, 2.05) is 0 Å². The van der Waals surface area contributed by atoms with Gasteiger partial charge in [-0.1, -0.05) is 6.42 Å². The lowest BCUT2D eigenvalue weighted by Gasteiger charge is -2.46. The first kappa shape index (κ1) is 14.5. The van der Waals surface area contributed by atoms with Crippen LogP contribution in [0, 0.1) is 11.3 Å². The van der Waals surface area contributed by atoms with Gasteiger partial charge >= 0.3 is 5.97 Å². The summed E-state index contributed by atoms with van der Waals surface area (Å²) in [6, 6.07) is -0.728. The van der Waals surface area contributed by atoms with Crippen molar-refractivity contribution in [3.63, 3.8) is 0 Å². The average molecular weight is 269 g/mol. The van der Waals surface area contributed by atoms with Crippen LogP contribution in [0.2, 0.25) is 0 Å². The van der Waals surface area contributed by atoms with E-state index in [9.17, 15) is 9.59 Å². The van der Waals surface area contributed by atoms with Crippen molar-refractivity contribution in [2.75, 3.05) is 20.3 Å². The molecule has 0 radical (unpaired) electrons. The number of hydrogen-bond acceptors (Lipinski definition) is 5. The summed E-state index contributed by atoms with van der Waals surface area (Å²) in [6.07, 6.45) is 4.77. The van der Waals surface area contributed by atoms with Gasteiger partial charge in [-0.3, -0.25) is 9.59 Å². The quantitative estimate of drug-likeness (QED) is 0.775. The SMILES string of the molecule is COC(=O)C(N)C1(C2CCCCC2=O)CCOCC1. The molecule has 2 fully saturated rings. The zero-order chi connectivity index (χ0) is 13.9. The van der Waals surface area contributed by atoms with E-state index in [1.54, 1.807) is 0 Å². The van der Waals surface area contributed by atoms with Gasteiger partial charge in [0.15, 0.2) is 0 Å². The van der Waals surface area contributed by atoms with Crippen molar-refractivity contribution < 1.29 is 19.1 Å². The first-order chi connectivity index (χ1) is 9.12. The maximum atomic E-state index is 12.3. The third kappa shape index (κ3) is 2.67. The Labute approximate surface area is 113 Å². The minimum Gasteiger partial charge on any atom is -0.468 e. The van der Waals surface area contributed by atoms with E-state index in [0.717, 1.165) is 19.3 Å². The summed E-state index contributed by atoms with van der Waals surface area (Å²) in [6.45, 7) is 1.13. The molecule has 0 aromatic heterocycles. The minimum absolute atomic E-state index is 0.112. The Bertz CT molecular complexity index is 349. The predicted molar refractivity (Wildman–Crippen MR) is 69.4 cm³/mol. The number of ether oxygens (including phenoxy) is 2. The fourth-order valence-electron chi connectivity index (χ4n) is 3.58. The Morgan fingerprint density at radius 1 is 1.42 bits per heavy atom. The molecule has 108 valence electrons. The van der Waals surface area contributed by atoms with Gasteiger partial charge in [0, 0.05) is 31.0 Å². The first-order valence-electron chi connectivity index (χ1n) is 7.05. The van der Waals surface area contributed by atoms with Crippen LogP contribution in [0.1, 0.15) is 38.5 Å². The number of hydrogen-bond donors (Lipinski definition) is 1. The molecular formula is C14H23NO4. The van der Waals surface area contributed by atoms with Gasteiger partial charge in [-0.15, -0.1) is 0 Å². The maximum Gasteiger partial charge on any atom is 0.323 e. The molecule has 1 aliphatic carbocycles. The summed E-state index contributed by atoms with van der Waals surface area (Å²) in [5, 5.41) is 0. The fourth-order valence-corrected chi connectivity index (χ4v) is 3.58. The number of methoxy groups -OCH3 is 1. The van der Waals surface area contributed by atoms with Crippen LogP contribution in [-0.2, 0) is 19.1 Å². The van der Waals surface area contributed by atoms with E-state index in [-0.39, 0.29) is 11.7 Å². The normalized spacial score (nSPS) is 28.7.